The number of urea groups is 1. The van der Waals surface area contributed by atoms with E-state index in [0.29, 0.717) is 0 Å². The van der Waals surface area contributed by atoms with Crippen molar-refractivity contribution in [2.24, 2.45) is 5.73 Å². The number of allylic oxidation sites excluding steroid dienone is 1. The van der Waals surface area contributed by atoms with Crippen molar-refractivity contribution in [1.29, 1.82) is 0 Å². The number of nitrogens with two attached hydrogens (primary N) is 1. The first kappa shape index (κ1) is 7.68. The second kappa shape index (κ2) is 3.65. The molecule has 0 saturated heterocycles. The van der Waals surface area contributed by atoms with Crippen molar-refractivity contribution in [3.8, 4) is 0 Å². The molecule has 0 aromatic carbocycles. The van der Waals surface area contributed by atoms with Gasteiger partial charge >= 0.3 is 6.03 Å². The van der Waals surface area contributed by atoms with Gasteiger partial charge in [0.1, 0.15) is 0 Å². The van der Waals surface area contributed by atoms with Crippen molar-refractivity contribution < 1.29 is 9.59 Å². The largest absolute Gasteiger partial charge is 0.351 e. The molecule has 0 aliphatic carbocycles. The number of carbonyl (C=O) groups excluding carboxylic acids is 2. The van der Waals surface area contributed by atoms with Gasteiger partial charge in [-0.25, -0.2) is 4.79 Å². The highest BCUT2D eigenvalue weighted by Crippen LogP contribution is 1.69. The number of hydrogen-bond donors (Lipinski definition) is 2. The maximum atomic E-state index is 10.1. The summed E-state index contributed by atoms with van der Waals surface area (Å²) in [5, 5.41) is 2.11. The van der Waals surface area contributed by atoms with E-state index in [-0.39, 0.29) is 5.78 Å². The summed E-state index contributed by atoms with van der Waals surface area (Å²) in [6.45, 7) is 1.37. The Balaban J connectivity index is 3.48. The van der Waals surface area contributed by atoms with Crippen LogP contribution in [-0.2, 0) is 4.79 Å². The number of nitrogens with one attached hydrogen (secondary N) is 1. The van der Waals surface area contributed by atoms with Crippen LogP contribution in [0.3, 0.4) is 0 Å². The van der Waals surface area contributed by atoms with Crippen LogP contribution in [-0.4, -0.2) is 11.8 Å². The molecule has 0 radical (unpaired) electrons. The lowest BCUT2D eigenvalue weighted by molar-refractivity contribution is -0.112. The fraction of sp³-hybridized carbons (Fsp3) is 0.200. The fourth-order valence-electron chi connectivity index (χ4n) is 0.241. The lowest BCUT2D eigenvalue weighted by atomic mass is 10.4. The first-order valence-corrected chi connectivity index (χ1v) is 2.36. The van der Waals surface area contributed by atoms with Crippen LogP contribution in [0.1, 0.15) is 6.92 Å². The topological polar surface area (TPSA) is 72.2 Å². The molecule has 0 heterocycles. The number of amides is 2. The highest BCUT2D eigenvalue weighted by Gasteiger charge is 1.83. The molecule has 0 saturated carbocycles. The number of ketones is 1. The van der Waals surface area contributed by atoms with Crippen LogP contribution >= 0.6 is 0 Å². The van der Waals surface area contributed by atoms with Crippen molar-refractivity contribution in [2.75, 3.05) is 0 Å². The molecule has 4 heteroatoms. The van der Waals surface area contributed by atoms with Crippen LogP contribution in [0, 0.1) is 0 Å². The first-order valence-electron chi connectivity index (χ1n) is 2.36. The van der Waals surface area contributed by atoms with Gasteiger partial charge in [0.2, 0.25) is 0 Å². The maximum absolute atomic E-state index is 10.1. The number of hydrogen-bond acceptors (Lipinski definition) is 2. The molecule has 50 valence electrons. The van der Waals surface area contributed by atoms with E-state index in [9.17, 15) is 9.59 Å². The molecule has 9 heavy (non-hydrogen) atoms. The van der Waals surface area contributed by atoms with Gasteiger partial charge < -0.3 is 11.1 Å². The molecular weight excluding hydrogens is 120 g/mol. The van der Waals surface area contributed by atoms with Gasteiger partial charge in [0.25, 0.3) is 0 Å². The van der Waals surface area contributed by atoms with Gasteiger partial charge in [0, 0.05) is 6.20 Å². The monoisotopic (exact) mass is 128 g/mol. The van der Waals surface area contributed by atoms with E-state index >= 15 is 0 Å². The van der Waals surface area contributed by atoms with Gasteiger partial charge in [-0.15, -0.1) is 0 Å². The van der Waals surface area contributed by atoms with Crippen LogP contribution in [0.2, 0.25) is 0 Å². The Morgan fingerprint density at radius 1 is 1.56 bits per heavy atom. The van der Waals surface area contributed by atoms with Crippen molar-refractivity contribution in [3.05, 3.63) is 12.3 Å². The molecule has 0 spiro atoms. The average Bonchev–Trinajstić information content (AvgIpc) is 1.63. The lowest BCUT2D eigenvalue weighted by Crippen LogP contribution is -2.24. The normalized spacial score (nSPS) is 9.44. The van der Waals surface area contributed by atoms with Crippen LogP contribution in [0.15, 0.2) is 12.3 Å². The third-order valence-electron chi connectivity index (χ3n) is 0.544. The Bertz CT molecular complexity index is 151. The lowest BCUT2D eigenvalue weighted by Gasteiger charge is -1.86. The Kier molecular flexibility index (Phi) is 3.12. The zero-order valence-corrected chi connectivity index (χ0v) is 5.05. The maximum Gasteiger partial charge on any atom is 0.316 e. The first-order chi connectivity index (χ1) is 4.13. The Morgan fingerprint density at radius 3 is 2.44 bits per heavy atom. The van der Waals surface area contributed by atoms with E-state index in [2.05, 4.69) is 11.1 Å². The van der Waals surface area contributed by atoms with Crippen molar-refractivity contribution in [1.82, 2.24) is 5.32 Å². The molecule has 0 fully saturated rings. The summed E-state index contributed by atoms with van der Waals surface area (Å²) >= 11 is 0. The Labute approximate surface area is 52.7 Å². The standard InChI is InChI=1S/C5H8N2O2/c1-4(8)2-3-7-5(6)9/h2-3H,1H3,(H3,6,7,9)/b3-2-. The van der Waals surface area contributed by atoms with Gasteiger partial charge in [-0.3, -0.25) is 4.79 Å². The molecule has 0 bridgehead atoms. The van der Waals surface area contributed by atoms with Crippen molar-refractivity contribution >= 4 is 11.8 Å². The minimum Gasteiger partial charge on any atom is -0.351 e. The van der Waals surface area contributed by atoms with Crippen LogP contribution in [0.5, 0.6) is 0 Å². The number of primary amides is 1. The Hall–Kier alpha value is -1.32. The molecule has 0 aromatic rings. The molecule has 0 aromatic heterocycles. The second-order valence-electron chi connectivity index (χ2n) is 1.45. The quantitative estimate of drug-likeness (QED) is 0.503. The molecule has 0 atom stereocenters. The van der Waals surface area contributed by atoms with E-state index in [1.807, 2.05) is 0 Å². The molecule has 0 aliphatic rings. The van der Waals surface area contributed by atoms with E-state index < -0.39 is 6.03 Å². The van der Waals surface area contributed by atoms with Gasteiger partial charge in [0.05, 0.1) is 0 Å². The number of rotatable bonds is 2. The molecule has 0 unspecified atom stereocenters. The number of carbonyl (C=O) groups is 2. The highest BCUT2D eigenvalue weighted by atomic mass is 16.2. The predicted octanol–water partition coefficient (Wildman–Crippen LogP) is -0.243. The van der Waals surface area contributed by atoms with E-state index in [1.54, 1.807) is 0 Å². The molecule has 0 aliphatic heterocycles. The van der Waals surface area contributed by atoms with Gasteiger partial charge in [-0.05, 0) is 13.0 Å². The van der Waals surface area contributed by atoms with Crippen molar-refractivity contribution in [3.63, 3.8) is 0 Å². The summed E-state index contributed by atoms with van der Waals surface area (Å²) in [7, 11) is 0. The second-order valence-corrected chi connectivity index (χ2v) is 1.45. The van der Waals surface area contributed by atoms with Gasteiger partial charge in [0.15, 0.2) is 5.78 Å². The third-order valence-corrected chi connectivity index (χ3v) is 0.544. The molecule has 4 nitrogen and oxygen atoms in total. The van der Waals surface area contributed by atoms with Gasteiger partial charge in [-0.1, -0.05) is 0 Å². The van der Waals surface area contributed by atoms with Crippen LogP contribution in [0.4, 0.5) is 4.79 Å². The Morgan fingerprint density at radius 2 is 2.11 bits per heavy atom. The summed E-state index contributed by atoms with van der Waals surface area (Å²) in [5.41, 5.74) is 4.67. The van der Waals surface area contributed by atoms with Crippen molar-refractivity contribution in [2.45, 2.75) is 6.92 Å². The zero-order valence-electron chi connectivity index (χ0n) is 5.05. The van der Waals surface area contributed by atoms with Crippen LogP contribution in [0.25, 0.3) is 0 Å². The summed E-state index contributed by atoms with van der Waals surface area (Å²) in [6, 6.07) is -0.674. The van der Waals surface area contributed by atoms with Gasteiger partial charge in [-0.2, -0.15) is 0 Å². The summed E-state index contributed by atoms with van der Waals surface area (Å²) < 4.78 is 0. The molecular formula is C5H8N2O2. The van der Waals surface area contributed by atoms with E-state index in [1.165, 1.54) is 19.2 Å². The molecule has 0 rings (SSSR count). The highest BCUT2D eigenvalue weighted by molar-refractivity contribution is 5.87. The van der Waals surface area contributed by atoms with E-state index in [0.717, 1.165) is 0 Å². The molecule has 2 amide bonds. The minimum atomic E-state index is -0.674. The summed E-state index contributed by atoms with van der Waals surface area (Å²) in [6.07, 6.45) is 2.41. The SMILES string of the molecule is CC(=O)/C=C\NC(N)=O. The minimum absolute atomic E-state index is 0.135. The van der Waals surface area contributed by atoms with Crippen LogP contribution < -0.4 is 11.1 Å². The fourth-order valence-corrected chi connectivity index (χ4v) is 0.241. The summed E-state index contributed by atoms with van der Waals surface area (Å²) in [5.74, 6) is -0.135. The smallest absolute Gasteiger partial charge is 0.316 e. The third kappa shape index (κ3) is 6.68. The van der Waals surface area contributed by atoms with E-state index in [4.69, 9.17) is 0 Å². The predicted molar refractivity (Wildman–Crippen MR) is 32.5 cm³/mol. The summed E-state index contributed by atoms with van der Waals surface area (Å²) in [4.78, 5) is 20.1. The average molecular weight is 128 g/mol. The molecule has 3 N–H and O–H groups in total. The zero-order chi connectivity index (χ0) is 7.28.